The Kier molecular flexibility index (Phi) is 6.52. The lowest BCUT2D eigenvalue weighted by atomic mass is 9.81. The van der Waals surface area contributed by atoms with Gasteiger partial charge in [0.2, 0.25) is 10.0 Å². The van der Waals surface area contributed by atoms with Gasteiger partial charge in [0.05, 0.1) is 11.6 Å². The van der Waals surface area contributed by atoms with Crippen LogP contribution in [0, 0.1) is 11.7 Å². The van der Waals surface area contributed by atoms with Gasteiger partial charge < -0.3 is 5.11 Å². The summed E-state index contributed by atoms with van der Waals surface area (Å²) in [5.41, 5.74) is -1.16. The molecule has 1 rings (SSSR count). The van der Waals surface area contributed by atoms with E-state index in [4.69, 9.17) is 0 Å². The summed E-state index contributed by atoms with van der Waals surface area (Å²) in [6.07, 6.45) is 1.53. The number of benzene rings is 1. The highest BCUT2D eigenvalue weighted by molar-refractivity contribution is 7.89. The molecule has 0 aromatic heterocycles. The summed E-state index contributed by atoms with van der Waals surface area (Å²) in [6.45, 7) is 7.44. The Morgan fingerprint density at radius 3 is 2.23 bits per heavy atom. The van der Waals surface area contributed by atoms with Crippen molar-refractivity contribution in [2.75, 3.05) is 0 Å². The van der Waals surface area contributed by atoms with Crippen LogP contribution in [0.3, 0.4) is 0 Å². The summed E-state index contributed by atoms with van der Waals surface area (Å²) in [4.78, 5) is -0.391. The summed E-state index contributed by atoms with van der Waals surface area (Å²) in [6, 6.07) is 4.58. The molecule has 1 aromatic carbocycles. The average molecular weight is 331 g/mol. The van der Waals surface area contributed by atoms with Crippen molar-refractivity contribution in [3.63, 3.8) is 0 Å². The van der Waals surface area contributed by atoms with Gasteiger partial charge >= 0.3 is 0 Å². The van der Waals surface area contributed by atoms with Crippen molar-refractivity contribution in [3.05, 3.63) is 30.1 Å². The first-order valence-electron chi connectivity index (χ1n) is 7.71. The summed E-state index contributed by atoms with van der Waals surface area (Å²) in [5.74, 6) is -0.874. The zero-order chi connectivity index (χ0) is 17.0. The smallest absolute Gasteiger partial charge is 0.243 e. The molecular weight excluding hydrogens is 305 g/mol. The minimum atomic E-state index is -4.03. The molecule has 4 nitrogen and oxygen atoms in total. The fourth-order valence-corrected chi connectivity index (χ4v) is 4.07. The number of nitrogens with one attached hydrogen (secondary N) is 1. The Hall–Kier alpha value is -0.980. The van der Waals surface area contributed by atoms with Crippen LogP contribution in [0.4, 0.5) is 4.39 Å². The van der Waals surface area contributed by atoms with E-state index in [0.29, 0.717) is 19.3 Å². The molecule has 0 aliphatic rings. The average Bonchev–Trinajstić information content (AvgIpc) is 2.51. The molecule has 2 atom stereocenters. The summed E-state index contributed by atoms with van der Waals surface area (Å²) < 4.78 is 41.3. The van der Waals surface area contributed by atoms with Crippen LogP contribution in [-0.4, -0.2) is 25.2 Å². The highest BCUT2D eigenvalue weighted by atomic mass is 32.2. The number of sulfonamides is 1. The second kappa shape index (κ2) is 7.53. The Labute approximate surface area is 132 Å². The van der Waals surface area contributed by atoms with Gasteiger partial charge in [-0.05, 0) is 30.9 Å². The lowest BCUT2D eigenvalue weighted by Crippen LogP contribution is -2.55. The van der Waals surface area contributed by atoms with Crippen molar-refractivity contribution in [2.45, 2.75) is 63.5 Å². The maximum atomic E-state index is 13.8. The van der Waals surface area contributed by atoms with E-state index in [9.17, 15) is 17.9 Å². The number of aliphatic hydroxyl groups is 1. The molecule has 0 bridgehead atoms. The van der Waals surface area contributed by atoms with Crippen molar-refractivity contribution < 1.29 is 17.9 Å². The molecule has 0 radical (unpaired) electrons. The SMILES string of the molecule is CC[C@H](C)[C@H](NS(=O)(=O)c1ccccc1F)C(O)(CC)CC. The molecule has 2 N–H and O–H groups in total. The Bertz CT molecular complexity index is 585. The topological polar surface area (TPSA) is 66.4 Å². The fraction of sp³-hybridized carbons (Fsp3) is 0.625. The first-order valence-corrected chi connectivity index (χ1v) is 9.19. The van der Waals surface area contributed by atoms with Gasteiger partial charge in [0.15, 0.2) is 0 Å². The van der Waals surface area contributed by atoms with Crippen LogP contribution >= 0.6 is 0 Å². The van der Waals surface area contributed by atoms with E-state index in [1.165, 1.54) is 18.2 Å². The van der Waals surface area contributed by atoms with E-state index in [0.717, 1.165) is 6.07 Å². The molecule has 0 saturated heterocycles. The van der Waals surface area contributed by atoms with Crippen molar-refractivity contribution in [1.82, 2.24) is 4.72 Å². The molecule has 0 saturated carbocycles. The maximum Gasteiger partial charge on any atom is 0.243 e. The van der Waals surface area contributed by atoms with Crippen LogP contribution in [0.15, 0.2) is 29.2 Å². The number of halogens is 1. The third-order valence-electron chi connectivity index (χ3n) is 4.42. The second-order valence-corrected chi connectivity index (χ2v) is 7.41. The highest BCUT2D eigenvalue weighted by Gasteiger charge is 2.39. The molecule has 0 amide bonds. The van der Waals surface area contributed by atoms with Crippen molar-refractivity contribution in [1.29, 1.82) is 0 Å². The highest BCUT2D eigenvalue weighted by Crippen LogP contribution is 2.28. The van der Waals surface area contributed by atoms with E-state index in [-0.39, 0.29) is 5.92 Å². The molecule has 6 heteroatoms. The third-order valence-corrected chi connectivity index (χ3v) is 5.90. The Morgan fingerprint density at radius 2 is 1.77 bits per heavy atom. The van der Waals surface area contributed by atoms with Gasteiger partial charge in [-0.3, -0.25) is 0 Å². The molecule has 0 aliphatic carbocycles. The van der Waals surface area contributed by atoms with E-state index in [2.05, 4.69) is 4.72 Å². The van der Waals surface area contributed by atoms with Gasteiger partial charge in [-0.2, -0.15) is 0 Å². The zero-order valence-electron chi connectivity index (χ0n) is 13.6. The zero-order valence-corrected chi connectivity index (χ0v) is 14.5. The molecule has 0 fully saturated rings. The first-order chi connectivity index (χ1) is 10.2. The largest absolute Gasteiger partial charge is 0.388 e. The Morgan fingerprint density at radius 1 is 1.23 bits per heavy atom. The molecule has 0 heterocycles. The van der Waals surface area contributed by atoms with Crippen molar-refractivity contribution >= 4 is 10.0 Å². The third kappa shape index (κ3) is 4.06. The maximum absolute atomic E-state index is 13.8. The Balaban J connectivity index is 3.22. The van der Waals surface area contributed by atoms with Gasteiger partial charge in [-0.25, -0.2) is 17.5 Å². The monoisotopic (exact) mass is 331 g/mol. The predicted molar refractivity (Wildman–Crippen MR) is 85.5 cm³/mol. The van der Waals surface area contributed by atoms with Crippen LogP contribution in [0.1, 0.15) is 47.0 Å². The van der Waals surface area contributed by atoms with Crippen LogP contribution in [0.2, 0.25) is 0 Å². The van der Waals surface area contributed by atoms with Crippen molar-refractivity contribution in [2.24, 2.45) is 5.92 Å². The van der Waals surface area contributed by atoms with Crippen molar-refractivity contribution in [3.8, 4) is 0 Å². The minimum Gasteiger partial charge on any atom is -0.388 e. The van der Waals surface area contributed by atoms with Gasteiger partial charge in [-0.15, -0.1) is 0 Å². The first kappa shape index (κ1) is 19.1. The van der Waals surface area contributed by atoms with Gasteiger partial charge in [0.25, 0.3) is 0 Å². The van der Waals surface area contributed by atoms with Gasteiger partial charge in [-0.1, -0.05) is 46.2 Å². The molecule has 0 aliphatic heterocycles. The molecular formula is C16H26FNO3S. The minimum absolute atomic E-state index is 0.0774. The quantitative estimate of drug-likeness (QED) is 0.769. The standard InChI is InChI=1S/C16H26FNO3S/c1-5-12(4)15(16(19,6-2)7-3)18-22(20,21)14-11-9-8-10-13(14)17/h8-12,15,18-19H,5-7H2,1-4H3/t12-,15-/m0/s1. The molecule has 0 spiro atoms. The molecule has 1 aromatic rings. The molecule has 0 unspecified atom stereocenters. The van der Waals surface area contributed by atoms with E-state index in [1.807, 2.05) is 27.7 Å². The summed E-state index contributed by atoms with van der Waals surface area (Å²) in [7, 11) is -4.03. The lowest BCUT2D eigenvalue weighted by molar-refractivity contribution is -0.0161. The van der Waals surface area contributed by atoms with Crippen LogP contribution < -0.4 is 4.72 Å². The predicted octanol–water partition coefficient (Wildman–Crippen LogP) is 3.07. The van der Waals surface area contributed by atoms with Gasteiger partial charge in [0.1, 0.15) is 10.7 Å². The molecule has 126 valence electrons. The summed E-state index contributed by atoms with van der Waals surface area (Å²) in [5, 5.41) is 10.7. The van der Waals surface area contributed by atoms with E-state index >= 15 is 0 Å². The van der Waals surface area contributed by atoms with Crippen LogP contribution in [0.5, 0.6) is 0 Å². The number of hydrogen-bond donors (Lipinski definition) is 2. The van der Waals surface area contributed by atoms with E-state index in [1.54, 1.807) is 0 Å². The lowest BCUT2D eigenvalue weighted by Gasteiger charge is -2.38. The van der Waals surface area contributed by atoms with Crippen LogP contribution in [-0.2, 0) is 10.0 Å². The second-order valence-electron chi connectivity index (χ2n) is 5.73. The number of hydrogen-bond acceptors (Lipinski definition) is 3. The van der Waals surface area contributed by atoms with Gasteiger partial charge in [0, 0.05) is 0 Å². The normalized spacial score (nSPS) is 15.5. The fourth-order valence-electron chi connectivity index (χ4n) is 2.57. The van der Waals surface area contributed by atoms with E-state index < -0.39 is 32.4 Å². The van der Waals surface area contributed by atoms with Crippen LogP contribution in [0.25, 0.3) is 0 Å². The number of rotatable bonds is 8. The molecule has 22 heavy (non-hydrogen) atoms. The summed E-state index contributed by atoms with van der Waals surface area (Å²) >= 11 is 0.